The molecule has 6 heteroatoms. The van der Waals surface area contributed by atoms with Crippen molar-refractivity contribution < 1.29 is 14.6 Å². The van der Waals surface area contributed by atoms with Gasteiger partial charge in [-0.15, -0.1) is 0 Å². The Morgan fingerprint density at radius 1 is 0.919 bits per heavy atom. The Kier molecular flexibility index (Phi) is 14.9. The van der Waals surface area contributed by atoms with Gasteiger partial charge >= 0.3 is 0 Å². The predicted octanol–water partition coefficient (Wildman–Crippen LogP) is 10.0. The standard InChI is InChI=1S/C31H45Cl2NO3/c1-4-5-6-7-8-9-10-11-12-13-14-15-16-18-25-19-17-20-26(21-25)37-24(3)31(36)34-28-22-27(32)23(2)29(33)30(28)35/h17,19-22,24,35H,4-16,18H2,1-3H3,(H,34,36). The van der Waals surface area contributed by atoms with Crippen LogP contribution in [0.5, 0.6) is 11.5 Å². The van der Waals surface area contributed by atoms with E-state index < -0.39 is 12.0 Å². The molecule has 1 unspecified atom stereocenters. The normalized spacial score (nSPS) is 11.9. The third kappa shape index (κ3) is 11.6. The highest BCUT2D eigenvalue weighted by Crippen LogP contribution is 2.38. The summed E-state index contributed by atoms with van der Waals surface area (Å²) in [5, 5.41) is 13.4. The predicted molar refractivity (Wildman–Crippen MR) is 157 cm³/mol. The number of anilines is 1. The molecule has 0 fully saturated rings. The average Bonchev–Trinajstić information content (AvgIpc) is 2.88. The molecule has 2 aromatic rings. The lowest BCUT2D eigenvalue weighted by Gasteiger charge is -2.17. The summed E-state index contributed by atoms with van der Waals surface area (Å²) >= 11 is 12.2. The first kappa shape index (κ1) is 31.3. The van der Waals surface area contributed by atoms with E-state index in [9.17, 15) is 9.90 Å². The van der Waals surface area contributed by atoms with Crippen LogP contribution < -0.4 is 10.1 Å². The Morgan fingerprint density at radius 2 is 1.49 bits per heavy atom. The highest BCUT2D eigenvalue weighted by atomic mass is 35.5. The first-order valence-electron chi connectivity index (χ1n) is 14.1. The quantitative estimate of drug-likeness (QED) is 0.143. The van der Waals surface area contributed by atoms with E-state index in [4.69, 9.17) is 27.9 Å². The van der Waals surface area contributed by atoms with Crippen LogP contribution in [-0.2, 0) is 11.2 Å². The Balaban J connectivity index is 1.65. The number of phenols is 1. The zero-order valence-electron chi connectivity index (χ0n) is 22.9. The first-order chi connectivity index (χ1) is 17.8. The Labute approximate surface area is 234 Å². The molecule has 4 nitrogen and oxygen atoms in total. The number of aryl methyl sites for hydroxylation is 1. The van der Waals surface area contributed by atoms with Gasteiger partial charge in [-0.1, -0.05) is 119 Å². The van der Waals surface area contributed by atoms with Crippen molar-refractivity contribution in [3.8, 4) is 11.5 Å². The monoisotopic (exact) mass is 549 g/mol. The van der Waals surface area contributed by atoms with Crippen LogP contribution in [0.2, 0.25) is 10.0 Å². The highest BCUT2D eigenvalue weighted by Gasteiger charge is 2.19. The number of rotatable bonds is 18. The molecular formula is C31H45Cl2NO3. The van der Waals surface area contributed by atoms with E-state index in [-0.39, 0.29) is 16.5 Å². The van der Waals surface area contributed by atoms with Crippen LogP contribution in [0.1, 0.15) is 108 Å². The van der Waals surface area contributed by atoms with Crippen LogP contribution in [0.25, 0.3) is 0 Å². The highest BCUT2D eigenvalue weighted by molar-refractivity contribution is 6.37. The number of nitrogens with one attached hydrogen (secondary N) is 1. The summed E-state index contributed by atoms with van der Waals surface area (Å²) in [5.41, 5.74) is 1.93. The second kappa shape index (κ2) is 17.6. The summed E-state index contributed by atoms with van der Waals surface area (Å²) in [6.07, 6.45) is 17.7. The van der Waals surface area contributed by atoms with E-state index in [0.29, 0.717) is 16.3 Å². The lowest BCUT2D eigenvalue weighted by molar-refractivity contribution is -0.122. The molecule has 1 amide bonds. The molecule has 0 aliphatic heterocycles. The van der Waals surface area contributed by atoms with Crippen molar-refractivity contribution in [2.24, 2.45) is 0 Å². The molecule has 0 saturated carbocycles. The smallest absolute Gasteiger partial charge is 0.265 e. The molecule has 2 aromatic carbocycles. The number of halogens is 2. The molecule has 0 radical (unpaired) electrons. The fraction of sp³-hybridized carbons (Fsp3) is 0.581. The van der Waals surface area contributed by atoms with Crippen LogP contribution in [0.15, 0.2) is 30.3 Å². The third-order valence-corrected chi connectivity index (χ3v) is 7.68. The molecule has 2 rings (SSSR count). The van der Waals surface area contributed by atoms with Crippen molar-refractivity contribution in [1.82, 2.24) is 0 Å². The number of hydrogen-bond donors (Lipinski definition) is 2. The van der Waals surface area contributed by atoms with Gasteiger partial charge in [0.05, 0.1) is 10.7 Å². The Bertz CT molecular complexity index is 964. The minimum absolute atomic E-state index is 0.122. The number of phenolic OH excluding ortho intramolecular Hbond substituents is 1. The van der Waals surface area contributed by atoms with Crippen LogP contribution in [0.3, 0.4) is 0 Å². The Morgan fingerprint density at radius 3 is 2.08 bits per heavy atom. The van der Waals surface area contributed by atoms with Crippen LogP contribution in [0, 0.1) is 6.92 Å². The summed E-state index contributed by atoms with van der Waals surface area (Å²) in [6.45, 7) is 5.64. The van der Waals surface area contributed by atoms with Crippen molar-refractivity contribution in [2.75, 3.05) is 5.32 Å². The first-order valence-corrected chi connectivity index (χ1v) is 14.8. The van der Waals surface area contributed by atoms with E-state index in [2.05, 4.69) is 18.3 Å². The molecule has 0 bridgehead atoms. The van der Waals surface area contributed by atoms with Gasteiger partial charge in [0, 0.05) is 5.02 Å². The molecule has 0 saturated heterocycles. The van der Waals surface area contributed by atoms with Crippen molar-refractivity contribution in [3.63, 3.8) is 0 Å². The van der Waals surface area contributed by atoms with Gasteiger partial charge < -0.3 is 15.2 Å². The van der Waals surface area contributed by atoms with Crippen molar-refractivity contribution >= 4 is 34.8 Å². The third-order valence-electron chi connectivity index (χ3n) is 6.83. The molecule has 0 heterocycles. The number of carbonyl (C=O) groups excluding carboxylic acids is 1. The van der Waals surface area contributed by atoms with Crippen molar-refractivity contribution in [2.45, 2.75) is 117 Å². The number of amides is 1. The SMILES string of the molecule is CCCCCCCCCCCCCCCc1cccc(OC(C)C(=O)Nc2cc(Cl)c(C)c(Cl)c2O)c1. The number of benzene rings is 2. The van der Waals surface area contributed by atoms with Gasteiger partial charge in [0.25, 0.3) is 5.91 Å². The van der Waals surface area contributed by atoms with Gasteiger partial charge in [-0.05, 0) is 56.0 Å². The van der Waals surface area contributed by atoms with Crippen LogP contribution in [-0.4, -0.2) is 17.1 Å². The number of unbranched alkanes of at least 4 members (excludes halogenated alkanes) is 12. The Hall–Kier alpha value is -1.91. The summed E-state index contributed by atoms with van der Waals surface area (Å²) in [7, 11) is 0. The molecule has 206 valence electrons. The number of carbonyl (C=O) groups is 1. The molecule has 1 atom stereocenters. The maximum Gasteiger partial charge on any atom is 0.265 e. The number of ether oxygens (including phenoxy) is 1. The zero-order valence-corrected chi connectivity index (χ0v) is 24.4. The van der Waals surface area contributed by atoms with Crippen molar-refractivity contribution in [1.29, 1.82) is 0 Å². The molecule has 0 aliphatic carbocycles. The topological polar surface area (TPSA) is 58.6 Å². The van der Waals surface area contributed by atoms with Crippen LogP contribution in [0.4, 0.5) is 5.69 Å². The van der Waals surface area contributed by atoms with E-state index in [0.717, 1.165) is 12.8 Å². The fourth-order valence-corrected chi connectivity index (χ4v) is 4.87. The van der Waals surface area contributed by atoms with Gasteiger partial charge in [-0.3, -0.25) is 4.79 Å². The molecule has 37 heavy (non-hydrogen) atoms. The number of hydrogen-bond acceptors (Lipinski definition) is 3. The largest absolute Gasteiger partial charge is 0.504 e. The van der Waals surface area contributed by atoms with Crippen LogP contribution >= 0.6 is 23.2 Å². The number of aromatic hydroxyl groups is 1. The second-order valence-corrected chi connectivity index (χ2v) is 10.9. The molecular weight excluding hydrogens is 505 g/mol. The summed E-state index contributed by atoms with van der Waals surface area (Å²) in [4.78, 5) is 12.6. The van der Waals surface area contributed by atoms with E-state index >= 15 is 0 Å². The van der Waals surface area contributed by atoms with Gasteiger partial charge in [0.2, 0.25) is 0 Å². The fourth-order valence-electron chi connectivity index (χ4n) is 4.41. The van der Waals surface area contributed by atoms with Gasteiger partial charge in [-0.25, -0.2) is 0 Å². The van der Waals surface area contributed by atoms with Gasteiger partial charge in [0.15, 0.2) is 11.9 Å². The molecule has 0 aromatic heterocycles. The summed E-state index contributed by atoms with van der Waals surface area (Å²) in [5.74, 6) is 0.0520. The van der Waals surface area contributed by atoms with E-state index in [1.54, 1.807) is 13.8 Å². The lowest BCUT2D eigenvalue weighted by atomic mass is 10.0. The molecule has 2 N–H and O–H groups in total. The van der Waals surface area contributed by atoms with Gasteiger partial charge in [0.1, 0.15) is 5.75 Å². The minimum Gasteiger partial charge on any atom is -0.504 e. The van der Waals surface area contributed by atoms with E-state index in [1.165, 1.54) is 88.7 Å². The summed E-state index contributed by atoms with van der Waals surface area (Å²) in [6, 6.07) is 9.41. The lowest BCUT2D eigenvalue weighted by Crippen LogP contribution is -2.30. The second-order valence-electron chi connectivity index (χ2n) is 10.1. The minimum atomic E-state index is -0.759. The maximum atomic E-state index is 12.6. The molecule has 0 aliphatic rings. The molecule has 0 spiro atoms. The summed E-state index contributed by atoms with van der Waals surface area (Å²) < 4.78 is 5.87. The van der Waals surface area contributed by atoms with Gasteiger partial charge in [-0.2, -0.15) is 0 Å². The average molecular weight is 551 g/mol. The maximum absolute atomic E-state index is 12.6. The van der Waals surface area contributed by atoms with Crippen molar-refractivity contribution in [3.05, 3.63) is 51.5 Å². The zero-order chi connectivity index (χ0) is 27.0. The van der Waals surface area contributed by atoms with E-state index in [1.807, 2.05) is 18.2 Å².